The Bertz CT molecular complexity index is 601. The number of carbonyl (C=O) groups excluding carboxylic acids is 1. The Morgan fingerprint density at radius 3 is 2.84 bits per heavy atom. The molecule has 0 amide bonds. The number of halogens is 2. The second-order valence-electron chi connectivity index (χ2n) is 3.44. The third kappa shape index (κ3) is 3.25. The maximum Gasteiger partial charge on any atom is 0.345 e. The first kappa shape index (κ1) is 13.4. The van der Waals surface area contributed by atoms with Crippen molar-refractivity contribution in [1.82, 2.24) is 9.97 Å². The van der Waals surface area contributed by atoms with Gasteiger partial charge in [-0.25, -0.2) is 19.2 Å². The number of hydrogen-bond donors (Lipinski definition) is 0. The summed E-state index contributed by atoms with van der Waals surface area (Å²) in [6, 6.07) is 4.01. The third-order valence-electron chi connectivity index (χ3n) is 2.13. The standard InChI is InChI=1S/C12H8BrFN2O3/c1-18-12(17)10-5-15-6-16-11(10)19-9-3-7(13)2-8(14)4-9/h2-6H,1H3. The highest BCUT2D eigenvalue weighted by Crippen LogP contribution is 2.26. The number of esters is 1. The van der Waals surface area contributed by atoms with Crippen molar-refractivity contribution in [1.29, 1.82) is 0 Å². The number of benzene rings is 1. The van der Waals surface area contributed by atoms with Crippen LogP contribution < -0.4 is 4.74 Å². The molecule has 0 N–H and O–H groups in total. The van der Waals surface area contributed by atoms with Crippen LogP contribution in [0, 0.1) is 5.82 Å². The number of aromatic nitrogens is 2. The molecule has 0 unspecified atom stereocenters. The molecule has 1 aromatic heterocycles. The first-order valence-corrected chi connectivity index (χ1v) is 5.91. The van der Waals surface area contributed by atoms with Crippen LogP contribution in [-0.4, -0.2) is 23.0 Å². The molecule has 0 aliphatic carbocycles. The molecule has 0 saturated heterocycles. The summed E-state index contributed by atoms with van der Waals surface area (Å²) in [5.74, 6) is -0.904. The summed E-state index contributed by atoms with van der Waals surface area (Å²) >= 11 is 3.14. The van der Waals surface area contributed by atoms with Crippen molar-refractivity contribution in [3.63, 3.8) is 0 Å². The molecule has 0 atom stereocenters. The summed E-state index contributed by atoms with van der Waals surface area (Å²) < 4.78 is 23.7. The van der Waals surface area contributed by atoms with E-state index in [2.05, 4.69) is 30.6 Å². The Hall–Kier alpha value is -2.02. The van der Waals surface area contributed by atoms with Crippen LogP contribution in [-0.2, 0) is 4.74 Å². The molecule has 0 bridgehead atoms. The number of rotatable bonds is 3. The van der Waals surface area contributed by atoms with Crippen LogP contribution in [0.2, 0.25) is 0 Å². The highest BCUT2D eigenvalue weighted by molar-refractivity contribution is 9.10. The van der Waals surface area contributed by atoms with Crippen molar-refractivity contribution in [3.05, 3.63) is 46.6 Å². The van der Waals surface area contributed by atoms with Gasteiger partial charge in [-0.15, -0.1) is 0 Å². The zero-order valence-corrected chi connectivity index (χ0v) is 11.3. The van der Waals surface area contributed by atoms with Gasteiger partial charge in [0.25, 0.3) is 0 Å². The number of hydrogen-bond acceptors (Lipinski definition) is 5. The Kier molecular flexibility index (Phi) is 4.06. The molecule has 0 saturated carbocycles. The number of carbonyl (C=O) groups is 1. The maximum atomic E-state index is 13.2. The minimum absolute atomic E-state index is 0.000602. The van der Waals surface area contributed by atoms with Gasteiger partial charge in [0, 0.05) is 16.7 Å². The van der Waals surface area contributed by atoms with Crippen LogP contribution in [0.3, 0.4) is 0 Å². The molecule has 5 nitrogen and oxygen atoms in total. The minimum Gasteiger partial charge on any atom is -0.465 e. The molecule has 2 rings (SSSR count). The first-order valence-electron chi connectivity index (χ1n) is 5.12. The Balaban J connectivity index is 2.35. The fourth-order valence-electron chi connectivity index (χ4n) is 1.35. The molecule has 7 heteroatoms. The van der Waals surface area contributed by atoms with E-state index in [9.17, 15) is 9.18 Å². The Morgan fingerprint density at radius 1 is 1.37 bits per heavy atom. The molecule has 0 radical (unpaired) electrons. The molecule has 19 heavy (non-hydrogen) atoms. The summed E-state index contributed by atoms with van der Waals surface area (Å²) in [7, 11) is 1.23. The zero-order valence-electron chi connectivity index (χ0n) is 9.76. The van der Waals surface area contributed by atoms with E-state index in [0.29, 0.717) is 4.47 Å². The van der Waals surface area contributed by atoms with E-state index >= 15 is 0 Å². The molecule has 0 aliphatic rings. The van der Waals surface area contributed by atoms with E-state index in [-0.39, 0.29) is 17.2 Å². The molecule has 1 heterocycles. The summed E-state index contributed by atoms with van der Waals surface area (Å²) in [6.07, 6.45) is 2.48. The van der Waals surface area contributed by atoms with Crippen LogP contribution >= 0.6 is 15.9 Å². The topological polar surface area (TPSA) is 61.3 Å². The lowest BCUT2D eigenvalue weighted by atomic mass is 10.3. The van der Waals surface area contributed by atoms with E-state index in [1.54, 1.807) is 6.07 Å². The summed E-state index contributed by atoms with van der Waals surface area (Å²) in [6.45, 7) is 0. The molecular formula is C12H8BrFN2O3. The van der Waals surface area contributed by atoms with Gasteiger partial charge in [-0.05, 0) is 12.1 Å². The molecule has 2 aromatic rings. The highest BCUT2D eigenvalue weighted by atomic mass is 79.9. The van der Waals surface area contributed by atoms with Gasteiger partial charge in [0.2, 0.25) is 5.88 Å². The molecule has 1 aromatic carbocycles. The summed E-state index contributed by atoms with van der Waals surface area (Å²) in [5, 5.41) is 0. The van der Waals surface area contributed by atoms with Gasteiger partial charge in [0.15, 0.2) is 0 Å². The van der Waals surface area contributed by atoms with E-state index in [0.717, 1.165) is 0 Å². The number of ether oxygens (including phenoxy) is 2. The van der Waals surface area contributed by atoms with E-state index in [4.69, 9.17) is 4.74 Å². The van der Waals surface area contributed by atoms with E-state index < -0.39 is 11.8 Å². The quantitative estimate of drug-likeness (QED) is 0.811. The summed E-state index contributed by atoms with van der Waals surface area (Å²) in [4.78, 5) is 19.0. The predicted octanol–water partition coefficient (Wildman–Crippen LogP) is 2.96. The lowest BCUT2D eigenvalue weighted by Crippen LogP contribution is -2.05. The molecular weight excluding hydrogens is 319 g/mol. The highest BCUT2D eigenvalue weighted by Gasteiger charge is 2.15. The third-order valence-corrected chi connectivity index (χ3v) is 2.59. The van der Waals surface area contributed by atoms with Crippen LogP contribution in [0.25, 0.3) is 0 Å². The SMILES string of the molecule is COC(=O)c1cncnc1Oc1cc(F)cc(Br)c1. The van der Waals surface area contributed by atoms with E-state index in [1.165, 1.54) is 31.8 Å². The zero-order chi connectivity index (χ0) is 13.8. The first-order chi connectivity index (χ1) is 9.10. The Morgan fingerprint density at radius 2 is 2.16 bits per heavy atom. The van der Waals surface area contributed by atoms with Gasteiger partial charge in [-0.1, -0.05) is 15.9 Å². The maximum absolute atomic E-state index is 13.2. The van der Waals surface area contributed by atoms with Gasteiger partial charge >= 0.3 is 5.97 Å². The smallest absolute Gasteiger partial charge is 0.345 e. The van der Waals surface area contributed by atoms with Crippen molar-refractivity contribution < 1.29 is 18.7 Å². The van der Waals surface area contributed by atoms with Crippen molar-refractivity contribution in [2.24, 2.45) is 0 Å². The largest absolute Gasteiger partial charge is 0.465 e. The predicted molar refractivity (Wildman–Crippen MR) is 67.5 cm³/mol. The average Bonchev–Trinajstić information content (AvgIpc) is 2.37. The fourth-order valence-corrected chi connectivity index (χ4v) is 1.79. The van der Waals surface area contributed by atoms with Gasteiger partial charge in [-0.3, -0.25) is 0 Å². The van der Waals surface area contributed by atoms with Crippen LogP contribution in [0.15, 0.2) is 35.2 Å². The molecule has 0 spiro atoms. The summed E-state index contributed by atoms with van der Waals surface area (Å²) in [5.41, 5.74) is 0.0605. The number of methoxy groups -OCH3 is 1. The van der Waals surface area contributed by atoms with Gasteiger partial charge in [-0.2, -0.15) is 0 Å². The van der Waals surface area contributed by atoms with Crippen molar-refractivity contribution in [2.75, 3.05) is 7.11 Å². The lowest BCUT2D eigenvalue weighted by molar-refractivity contribution is 0.0596. The van der Waals surface area contributed by atoms with Gasteiger partial charge in [0.05, 0.1) is 7.11 Å². The normalized spacial score (nSPS) is 10.1. The van der Waals surface area contributed by atoms with Gasteiger partial charge in [0.1, 0.15) is 23.5 Å². The Labute approximate surface area is 116 Å². The number of nitrogens with zero attached hydrogens (tertiary/aromatic N) is 2. The molecule has 98 valence electrons. The van der Waals surface area contributed by atoms with Crippen molar-refractivity contribution in [3.8, 4) is 11.6 Å². The monoisotopic (exact) mass is 326 g/mol. The van der Waals surface area contributed by atoms with Crippen molar-refractivity contribution >= 4 is 21.9 Å². The van der Waals surface area contributed by atoms with Crippen LogP contribution in [0.4, 0.5) is 4.39 Å². The fraction of sp³-hybridized carbons (Fsp3) is 0.0833. The average molecular weight is 327 g/mol. The minimum atomic E-state index is -0.633. The second-order valence-corrected chi connectivity index (χ2v) is 4.36. The molecule has 0 aliphatic heterocycles. The van der Waals surface area contributed by atoms with Crippen molar-refractivity contribution in [2.45, 2.75) is 0 Å². The van der Waals surface area contributed by atoms with E-state index in [1.807, 2.05) is 0 Å². The van der Waals surface area contributed by atoms with Crippen LogP contribution in [0.1, 0.15) is 10.4 Å². The second kappa shape index (κ2) is 5.75. The lowest BCUT2D eigenvalue weighted by Gasteiger charge is -2.08. The van der Waals surface area contributed by atoms with Crippen LogP contribution in [0.5, 0.6) is 11.6 Å². The molecule has 0 fully saturated rings. The van der Waals surface area contributed by atoms with Gasteiger partial charge < -0.3 is 9.47 Å².